The highest BCUT2D eigenvalue weighted by Crippen LogP contribution is 2.17. The van der Waals surface area contributed by atoms with Gasteiger partial charge in [0.1, 0.15) is 0 Å². The van der Waals surface area contributed by atoms with Crippen molar-refractivity contribution in [3.63, 3.8) is 0 Å². The molecule has 0 saturated heterocycles. The summed E-state index contributed by atoms with van der Waals surface area (Å²) >= 11 is 5.80. The summed E-state index contributed by atoms with van der Waals surface area (Å²) in [5.74, 6) is -0.252. The molecule has 0 aliphatic heterocycles. The highest BCUT2D eigenvalue weighted by Gasteiger charge is 2.10. The van der Waals surface area contributed by atoms with Gasteiger partial charge in [0.15, 0.2) is 0 Å². The minimum atomic E-state index is -0.252. The Morgan fingerprint density at radius 1 is 1.14 bits per heavy atom. The normalized spacial score (nSPS) is 11.1. The number of hydrogen-bond donors (Lipinski definition) is 2. The molecule has 0 fully saturated rings. The number of amides is 1. The number of hydrogen-bond acceptors (Lipinski definition) is 2. The van der Waals surface area contributed by atoms with Gasteiger partial charge in [0.2, 0.25) is 0 Å². The number of para-hydroxylation sites is 1. The summed E-state index contributed by atoms with van der Waals surface area (Å²) in [7, 11) is 0. The maximum Gasteiger partial charge on any atom is 0.273 e. The molecular formula is C16H12ClN3O. The van der Waals surface area contributed by atoms with E-state index in [-0.39, 0.29) is 5.91 Å². The number of aromatic amines is 1. The zero-order valence-corrected chi connectivity index (χ0v) is 11.8. The third kappa shape index (κ3) is 2.95. The zero-order chi connectivity index (χ0) is 14.7. The lowest BCUT2D eigenvalue weighted by Crippen LogP contribution is -2.17. The molecule has 5 heteroatoms. The first kappa shape index (κ1) is 13.4. The maximum absolute atomic E-state index is 12.1. The van der Waals surface area contributed by atoms with Crippen molar-refractivity contribution in [2.75, 3.05) is 0 Å². The lowest BCUT2D eigenvalue weighted by atomic mass is 10.2. The van der Waals surface area contributed by atoms with E-state index in [1.54, 1.807) is 24.5 Å². The van der Waals surface area contributed by atoms with Crippen LogP contribution in [0.1, 0.15) is 15.9 Å². The van der Waals surface area contributed by atoms with E-state index in [1.165, 1.54) is 0 Å². The standard InChI is InChI=1S/C16H12ClN3O/c17-12-7-5-11(6-8-12)9-19-20-16(21)14-10-18-15-4-2-1-3-13(14)15/h1-10,18H,(H,20,21)/b19-9+. The van der Waals surface area contributed by atoms with Crippen LogP contribution in [-0.2, 0) is 0 Å². The third-order valence-electron chi connectivity index (χ3n) is 3.08. The Bertz CT molecular complexity index is 806. The molecule has 0 aliphatic carbocycles. The minimum Gasteiger partial charge on any atom is -0.360 e. The lowest BCUT2D eigenvalue weighted by Gasteiger charge is -1.98. The monoisotopic (exact) mass is 297 g/mol. The zero-order valence-electron chi connectivity index (χ0n) is 11.0. The molecule has 0 unspecified atom stereocenters. The predicted octanol–water partition coefficient (Wildman–Crippen LogP) is 3.59. The smallest absolute Gasteiger partial charge is 0.273 e. The van der Waals surface area contributed by atoms with E-state index in [1.807, 2.05) is 36.4 Å². The van der Waals surface area contributed by atoms with Crippen molar-refractivity contribution in [3.05, 3.63) is 70.9 Å². The van der Waals surface area contributed by atoms with Gasteiger partial charge in [-0.15, -0.1) is 0 Å². The van der Waals surface area contributed by atoms with Crippen LogP contribution >= 0.6 is 11.6 Å². The van der Waals surface area contributed by atoms with Crippen LogP contribution in [-0.4, -0.2) is 17.1 Å². The molecule has 4 nitrogen and oxygen atoms in total. The second kappa shape index (κ2) is 5.81. The summed E-state index contributed by atoms with van der Waals surface area (Å²) in [5, 5.41) is 5.49. The van der Waals surface area contributed by atoms with Gasteiger partial charge in [-0.05, 0) is 23.8 Å². The summed E-state index contributed by atoms with van der Waals surface area (Å²) in [5.41, 5.74) is 4.87. The molecule has 1 amide bonds. The van der Waals surface area contributed by atoms with E-state index in [0.29, 0.717) is 10.6 Å². The fourth-order valence-corrected chi connectivity index (χ4v) is 2.16. The summed E-state index contributed by atoms with van der Waals surface area (Å²) in [6.45, 7) is 0. The quantitative estimate of drug-likeness (QED) is 0.563. The number of carbonyl (C=O) groups excluding carboxylic acids is 1. The van der Waals surface area contributed by atoms with Crippen LogP contribution in [0.5, 0.6) is 0 Å². The molecule has 2 aromatic carbocycles. The molecule has 0 bridgehead atoms. The van der Waals surface area contributed by atoms with Crippen molar-refractivity contribution in [1.29, 1.82) is 0 Å². The van der Waals surface area contributed by atoms with Crippen LogP contribution in [0.3, 0.4) is 0 Å². The largest absolute Gasteiger partial charge is 0.360 e. The Morgan fingerprint density at radius 2 is 1.90 bits per heavy atom. The van der Waals surface area contributed by atoms with Crippen molar-refractivity contribution in [3.8, 4) is 0 Å². The molecule has 104 valence electrons. The van der Waals surface area contributed by atoms with Gasteiger partial charge in [-0.3, -0.25) is 4.79 Å². The number of carbonyl (C=O) groups is 1. The molecule has 1 heterocycles. The van der Waals surface area contributed by atoms with E-state index in [0.717, 1.165) is 16.5 Å². The Labute approximate surface area is 126 Å². The van der Waals surface area contributed by atoms with Crippen LogP contribution in [0.15, 0.2) is 59.8 Å². The first-order valence-electron chi connectivity index (χ1n) is 6.39. The van der Waals surface area contributed by atoms with Gasteiger partial charge in [-0.1, -0.05) is 41.9 Å². The molecular weight excluding hydrogens is 286 g/mol. The molecule has 0 aliphatic rings. The second-order valence-corrected chi connectivity index (χ2v) is 4.94. The van der Waals surface area contributed by atoms with E-state index < -0.39 is 0 Å². The third-order valence-corrected chi connectivity index (χ3v) is 3.34. The number of nitrogens with one attached hydrogen (secondary N) is 2. The second-order valence-electron chi connectivity index (χ2n) is 4.50. The molecule has 2 N–H and O–H groups in total. The molecule has 3 rings (SSSR count). The van der Waals surface area contributed by atoms with Crippen LogP contribution in [0.2, 0.25) is 5.02 Å². The average molecular weight is 298 g/mol. The number of benzene rings is 2. The molecule has 21 heavy (non-hydrogen) atoms. The number of nitrogens with zero attached hydrogens (tertiary/aromatic N) is 1. The number of rotatable bonds is 3. The number of halogens is 1. The first-order valence-corrected chi connectivity index (χ1v) is 6.77. The van der Waals surface area contributed by atoms with Crippen molar-refractivity contribution in [2.24, 2.45) is 5.10 Å². The number of aromatic nitrogens is 1. The number of H-pyrrole nitrogens is 1. The van der Waals surface area contributed by atoms with E-state index >= 15 is 0 Å². The van der Waals surface area contributed by atoms with Gasteiger partial charge in [-0.2, -0.15) is 5.10 Å². The highest BCUT2D eigenvalue weighted by molar-refractivity contribution is 6.30. The maximum atomic E-state index is 12.1. The molecule has 0 saturated carbocycles. The predicted molar refractivity (Wildman–Crippen MR) is 84.8 cm³/mol. The van der Waals surface area contributed by atoms with Crippen LogP contribution in [0, 0.1) is 0 Å². The number of hydrazone groups is 1. The molecule has 3 aromatic rings. The van der Waals surface area contributed by atoms with Crippen LogP contribution < -0.4 is 5.43 Å². The van der Waals surface area contributed by atoms with Gasteiger partial charge in [0.25, 0.3) is 5.91 Å². The summed E-state index contributed by atoms with van der Waals surface area (Å²) < 4.78 is 0. The van der Waals surface area contributed by atoms with Crippen molar-refractivity contribution < 1.29 is 4.79 Å². The Hall–Kier alpha value is -2.59. The van der Waals surface area contributed by atoms with Gasteiger partial charge in [-0.25, -0.2) is 5.43 Å². The Balaban J connectivity index is 1.73. The molecule has 0 atom stereocenters. The van der Waals surface area contributed by atoms with Crippen molar-refractivity contribution >= 4 is 34.6 Å². The number of fused-ring (bicyclic) bond motifs is 1. The minimum absolute atomic E-state index is 0.252. The SMILES string of the molecule is O=C(N/N=C/c1ccc(Cl)cc1)c1c[nH]c2ccccc12. The molecule has 1 aromatic heterocycles. The first-order chi connectivity index (χ1) is 10.2. The van der Waals surface area contributed by atoms with Gasteiger partial charge < -0.3 is 4.98 Å². The van der Waals surface area contributed by atoms with Crippen molar-refractivity contribution in [2.45, 2.75) is 0 Å². The topological polar surface area (TPSA) is 57.2 Å². The lowest BCUT2D eigenvalue weighted by molar-refractivity contribution is 0.0957. The van der Waals surface area contributed by atoms with Crippen LogP contribution in [0.25, 0.3) is 10.9 Å². The average Bonchev–Trinajstić information content (AvgIpc) is 2.93. The van der Waals surface area contributed by atoms with Crippen LogP contribution in [0.4, 0.5) is 0 Å². The van der Waals surface area contributed by atoms with Crippen molar-refractivity contribution in [1.82, 2.24) is 10.4 Å². The van der Waals surface area contributed by atoms with Gasteiger partial charge in [0, 0.05) is 22.1 Å². The highest BCUT2D eigenvalue weighted by atomic mass is 35.5. The Morgan fingerprint density at radius 3 is 2.71 bits per heavy atom. The van der Waals surface area contributed by atoms with Gasteiger partial charge >= 0.3 is 0 Å². The molecule has 0 radical (unpaired) electrons. The summed E-state index contributed by atoms with van der Waals surface area (Å²) in [4.78, 5) is 15.2. The summed E-state index contributed by atoms with van der Waals surface area (Å²) in [6.07, 6.45) is 3.25. The molecule has 0 spiro atoms. The Kier molecular flexibility index (Phi) is 3.71. The van der Waals surface area contributed by atoms with Gasteiger partial charge in [0.05, 0.1) is 11.8 Å². The summed E-state index contributed by atoms with van der Waals surface area (Å²) in [6, 6.07) is 14.8. The fourth-order valence-electron chi connectivity index (χ4n) is 2.03. The van der Waals surface area contributed by atoms with E-state index in [2.05, 4.69) is 15.5 Å². The van der Waals surface area contributed by atoms with E-state index in [4.69, 9.17) is 11.6 Å². The fraction of sp³-hybridized carbons (Fsp3) is 0. The van der Waals surface area contributed by atoms with E-state index in [9.17, 15) is 4.79 Å².